The number of hydrogen-bond acceptors (Lipinski definition) is 5. The molecule has 152 valence electrons. The average Bonchev–Trinajstić information content (AvgIpc) is 3.20. The van der Waals surface area contributed by atoms with Gasteiger partial charge in [-0.15, -0.1) is 11.3 Å². The van der Waals surface area contributed by atoms with Crippen LogP contribution in [0.3, 0.4) is 0 Å². The number of aryl methyl sites for hydroxylation is 1. The Kier molecular flexibility index (Phi) is 7.78. The maximum absolute atomic E-state index is 13.1. The zero-order valence-corrected chi connectivity index (χ0v) is 17.7. The average molecular weight is 411 g/mol. The van der Waals surface area contributed by atoms with E-state index in [9.17, 15) is 4.79 Å². The SMILES string of the molecule is COCCCN(Cc1csc(COc2ccccc2)n1)C(=O)c1ccccc1C. The van der Waals surface area contributed by atoms with Gasteiger partial charge in [0.2, 0.25) is 0 Å². The van der Waals surface area contributed by atoms with Crippen LogP contribution in [-0.2, 0) is 17.9 Å². The summed E-state index contributed by atoms with van der Waals surface area (Å²) in [7, 11) is 1.67. The Morgan fingerprint density at radius 1 is 1.10 bits per heavy atom. The molecule has 0 N–H and O–H groups in total. The van der Waals surface area contributed by atoms with E-state index in [1.54, 1.807) is 18.4 Å². The Labute approximate surface area is 175 Å². The minimum atomic E-state index is 0.0225. The summed E-state index contributed by atoms with van der Waals surface area (Å²) in [5.74, 6) is 0.842. The highest BCUT2D eigenvalue weighted by Crippen LogP contribution is 2.18. The molecule has 2 aromatic carbocycles. The molecule has 0 aliphatic rings. The van der Waals surface area contributed by atoms with E-state index in [-0.39, 0.29) is 5.91 Å². The highest BCUT2D eigenvalue weighted by molar-refractivity contribution is 7.09. The first-order valence-corrected chi connectivity index (χ1v) is 10.5. The summed E-state index contributed by atoms with van der Waals surface area (Å²) in [6.07, 6.45) is 0.780. The molecule has 0 unspecified atom stereocenters. The third-order valence-electron chi connectivity index (χ3n) is 4.50. The van der Waals surface area contributed by atoms with Gasteiger partial charge in [0.1, 0.15) is 17.4 Å². The monoisotopic (exact) mass is 410 g/mol. The van der Waals surface area contributed by atoms with Crippen molar-refractivity contribution >= 4 is 17.2 Å². The number of amides is 1. The van der Waals surface area contributed by atoms with Crippen LogP contribution >= 0.6 is 11.3 Å². The van der Waals surface area contributed by atoms with Crippen molar-refractivity contribution in [2.45, 2.75) is 26.5 Å². The smallest absolute Gasteiger partial charge is 0.254 e. The number of methoxy groups -OCH3 is 1. The molecule has 3 aromatic rings. The molecule has 29 heavy (non-hydrogen) atoms. The third-order valence-corrected chi connectivity index (χ3v) is 5.37. The van der Waals surface area contributed by atoms with Crippen molar-refractivity contribution in [3.05, 3.63) is 81.8 Å². The first kappa shape index (κ1) is 21.0. The second-order valence-corrected chi connectivity index (χ2v) is 7.66. The predicted molar refractivity (Wildman–Crippen MR) is 115 cm³/mol. The molecule has 3 rings (SSSR count). The zero-order chi connectivity index (χ0) is 20.5. The van der Waals surface area contributed by atoms with Gasteiger partial charge in [0.15, 0.2) is 0 Å². The fourth-order valence-electron chi connectivity index (χ4n) is 2.98. The number of benzene rings is 2. The highest BCUT2D eigenvalue weighted by Gasteiger charge is 2.19. The predicted octanol–water partition coefficient (Wildman–Crippen LogP) is 4.71. The van der Waals surface area contributed by atoms with Crippen LogP contribution in [-0.4, -0.2) is 36.1 Å². The Bertz CT molecular complexity index is 911. The summed E-state index contributed by atoms with van der Waals surface area (Å²) in [4.78, 5) is 19.6. The molecule has 0 saturated heterocycles. The minimum Gasteiger partial charge on any atom is -0.486 e. The van der Waals surface area contributed by atoms with E-state index in [1.807, 2.05) is 71.8 Å². The lowest BCUT2D eigenvalue weighted by atomic mass is 10.1. The second-order valence-electron chi connectivity index (χ2n) is 6.72. The number of aromatic nitrogens is 1. The van der Waals surface area contributed by atoms with Gasteiger partial charge in [-0.3, -0.25) is 4.79 Å². The van der Waals surface area contributed by atoms with Crippen LogP contribution in [0.4, 0.5) is 0 Å². The first-order chi connectivity index (χ1) is 14.2. The number of carbonyl (C=O) groups excluding carboxylic acids is 1. The van der Waals surface area contributed by atoms with Crippen LogP contribution in [0, 0.1) is 6.92 Å². The third kappa shape index (κ3) is 6.14. The number of nitrogens with zero attached hydrogens (tertiary/aromatic N) is 2. The van der Waals surface area contributed by atoms with Gasteiger partial charge in [-0.05, 0) is 37.1 Å². The van der Waals surface area contributed by atoms with E-state index < -0.39 is 0 Å². The summed E-state index contributed by atoms with van der Waals surface area (Å²) in [5, 5.41) is 2.89. The lowest BCUT2D eigenvalue weighted by molar-refractivity contribution is 0.0721. The number of thiazole rings is 1. The van der Waals surface area contributed by atoms with Gasteiger partial charge in [-0.25, -0.2) is 4.98 Å². The van der Waals surface area contributed by atoms with E-state index in [0.29, 0.717) is 26.3 Å². The van der Waals surface area contributed by atoms with E-state index in [1.165, 1.54) is 0 Å². The van der Waals surface area contributed by atoms with Crippen LogP contribution < -0.4 is 4.74 Å². The number of carbonyl (C=O) groups is 1. The standard InChI is InChI=1S/C23H26N2O3S/c1-18-9-6-7-12-21(18)23(26)25(13-8-14-27-2)15-19-17-29-22(24-19)16-28-20-10-4-3-5-11-20/h3-7,9-12,17H,8,13-16H2,1-2H3. The molecule has 6 heteroatoms. The largest absolute Gasteiger partial charge is 0.486 e. The fraction of sp³-hybridized carbons (Fsp3) is 0.304. The Morgan fingerprint density at radius 3 is 2.62 bits per heavy atom. The summed E-state index contributed by atoms with van der Waals surface area (Å²) in [6, 6.07) is 17.4. The summed E-state index contributed by atoms with van der Waals surface area (Å²) < 4.78 is 10.9. The van der Waals surface area contributed by atoms with Crippen molar-refractivity contribution in [3.8, 4) is 5.75 Å². The molecule has 5 nitrogen and oxygen atoms in total. The molecule has 0 bridgehead atoms. The molecule has 0 spiro atoms. The maximum Gasteiger partial charge on any atom is 0.254 e. The Morgan fingerprint density at radius 2 is 1.86 bits per heavy atom. The van der Waals surface area contributed by atoms with Crippen molar-refractivity contribution in [2.75, 3.05) is 20.3 Å². The Balaban J connectivity index is 1.66. The van der Waals surface area contributed by atoms with Gasteiger partial charge < -0.3 is 14.4 Å². The van der Waals surface area contributed by atoms with Gasteiger partial charge in [0.25, 0.3) is 5.91 Å². The molecule has 0 radical (unpaired) electrons. The molecule has 1 heterocycles. The molecule has 0 aliphatic heterocycles. The molecule has 0 atom stereocenters. The minimum absolute atomic E-state index is 0.0225. The number of para-hydroxylation sites is 1. The van der Waals surface area contributed by atoms with Gasteiger partial charge in [-0.1, -0.05) is 36.4 Å². The Hall–Kier alpha value is -2.70. The van der Waals surface area contributed by atoms with Gasteiger partial charge in [0.05, 0.1) is 12.2 Å². The van der Waals surface area contributed by atoms with Crippen LogP contribution in [0.1, 0.15) is 33.0 Å². The molecule has 0 fully saturated rings. The van der Waals surface area contributed by atoms with E-state index >= 15 is 0 Å². The number of hydrogen-bond donors (Lipinski definition) is 0. The van der Waals surface area contributed by atoms with Crippen molar-refractivity contribution in [3.63, 3.8) is 0 Å². The molecular formula is C23H26N2O3S. The number of rotatable bonds is 10. The van der Waals surface area contributed by atoms with Crippen molar-refractivity contribution in [1.82, 2.24) is 9.88 Å². The van der Waals surface area contributed by atoms with Crippen LogP contribution in [0.2, 0.25) is 0 Å². The van der Waals surface area contributed by atoms with E-state index in [0.717, 1.165) is 34.0 Å². The highest BCUT2D eigenvalue weighted by atomic mass is 32.1. The lowest BCUT2D eigenvalue weighted by Crippen LogP contribution is -2.32. The van der Waals surface area contributed by atoms with Crippen LogP contribution in [0.15, 0.2) is 60.0 Å². The maximum atomic E-state index is 13.1. The quantitative estimate of drug-likeness (QED) is 0.454. The zero-order valence-electron chi connectivity index (χ0n) is 16.8. The molecule has 0 aliphatic carbocycles. The van der Waals surface area contributed by atoms with E-state index in [2.05, 4.69) is 4.98 Å². The summed E-state index contributed by atoms with van der Waals surface area (Å²) >= 11 is 1.55. The van der Waals surface area contributed by atoms with Crippen molar-refractivity contribution < 1.29 is 14.3 Å². The molecule has 0 saturated carbocycles. The lowest BCUT2D eigenvalue weighted by Gasteiger charge is -2.22. The fourth-order valence-corrected chi connectivity index (χ4v) is 3.68. The van der Waals surface area contributed by atoms with Crippen molar-refractivity contribution in [2.24, 2.45) is 0 Å². The molecule has 1 amide bonds. The second kappa shape index (κ2) is 10.7. The van der Waals surface area contributed by atoms with E-state index in [4.69, 9.17) is 9.47 Å². The van der Waals surface area contributed by atoms with Gasteiger partial charge in [0, 0.05) is 31.2 Å². The first-order valence-electron chi connectivity index (χ1n) is 9.62. The normalized spacial score (nSPS) is 10.7. The summed E-state index contributed by atoms with van der Waals surface area (Å²) in [5.41, 5.74) is 2.58. The van der Waals surface area contributed by atoms with Gasteiger partial charge in [-0.2, -0.15) is 0 Å². The molecule has 1 aromatic heterocycles. The van der Waals surface area contributed by atoms with Crippen molar-refractivity contribution in [1.29, 1.82) is 0 Å². The topological polar surface area (TPSA) is 51.7 Å². The number of ether oxygens (including phenoxy) is 2. The van der Waals surface area contributed by atoms with Crippen LogP contribution in [0.5, 0.6) is 5.75 Å². The van der Waals surface area contributed by atoms with Gasteiger partial charge >= 0.3 is 0 Å². The summed E-state index contributed by atoms with van der Waals surface area (Å²) in [6.45, 7) is 4.09. The molecular weight excluding hydrogens is 384 g/mol. The van der Waals surface area contributed by atoms with Crippen LogP contribution in [0.25, 0.3) is 0 Å².